The van der Waals surface area contributed by atoms with Gasteiger partial charge in [0, 0.05) is 19.1 Å². The van der Waals surface area contributed by atoms with E-state index in [-0.39, 0.29) is 18.3 Å². The number of hydrogen-bond donors (Lipinski definition) is 2. The molecular formula is C12H22N2O3. The zero-order chi connectivity index (χ0) is 12.1. The van der Waals surface area contributed by atoms with Crippen molar-refractivity contribution < 1.29 is 14.3 Å². The number of carbonyl (C=O) groups excluding carboxylic acids is 1. The van der Waals surface area contributed by atoms with Crippen molar-refractivity contribution in [3.63, 3.8) is 0 Å². The molecule has 0 radical (unpaired) electrons. The van der Waals surface area contributed by atoms with Crippen molar-refractivity contribution in [2.24, 2.45) is 0 Å². The summed E-state index contributed by atoms with van der Waals surface area (Å²) in [6.45, 7) is 3.96. The minimum atomic E-state index is -0.307. The molecule has 17 heavy (non-hydrogen) atoms. The normalized spacial score (nSPS) is 30.2. The van der Waals surface area contributed by atoms with Gasteiger partial charge in [0.05, 0.1) is 6.10 Å². The fourth-order valence-electron chi connectivity index (χ4n) is 2.42. The predicted molar refractivity (Wildman–Crippen MR) is 63.9 cm³/mol. The molecule has 1 aliphatic carbocycles. The third kappa shape index (κ3) is 4.16. The van der Waals surface area contributed by atoms with E-state index in [1.165, 1.54) is 12.8 Å². The largest absolute Gasteiger partial charge is 0.447 e. The van der Waals surface area contributed by atoms with Crippen LogP contribution in [0.15, 0.2) is 0 Å². The Morgan fingerprint density at radius 3 is 2.88 bits per heavy atom. The number of morpholine rings is 1. The van der Waals surface area contributed by atoms with Crippen LogP contribution in [0.5, 0.6) is 0 Å². The van der Waals surface area contributed by atoms with Gasteiger partial charge in [-0.3, -0.25) is 0 Å². The quantitative estimate of drug-likeness (QED) is 0.776. The Kier molecular flexibility index (Phi) is 4.62. The summed E-state index contributed by atoms with van der Waals surface area (Å²) in [7, 11) is 0. The van der Waals surface area contributed by atoms with Crippen LogP contribution in [-0.2, 0) is 9.47 Å². The van der Waals surface area contributed by atoms with E-state index in [0.717, 1.165) is 25.9 Å². The molecule has 0 aromatic rings. The number of carbonyl (C=O) groups is 1. The van der Waals surface area contributed by atoms with Gasteiger partial charge in [0.25, 0.3) is 0 Å². The summed E-state index contributed by atoms with van der Waals surface area (Å²) >= 11 is 0. The summed E-state index contributed by atoms with van der Waals surface area (Å²) in [6, 6.07) is 0.312. The Balaban J connectivity index is 1.61. The monoisotopic (exact) mass is 242 g/mol. The Morgan fingerprint density at radius 2 is 2.18 bits per heavy atom. The molecule has 2 N–H and O–H groups in total. The first-order valence-corrected chi connectivity index (χ1v) is 6.53. The second-order valence-corrected chi connectivity index (χ2v) is 4.95. The molecule has 5 nitrogen and oxygen atoms in total. The Bertz CT molecular complexity index is 254. The fourth-order valence-corrected chi connectivity index (χ4v) is 2.42. The highest BCUT2D eigenvalue weighted by Gasteiger charge is 2.22. The van der Waals surface area contributed by atoms with Gasteiger partial charge in [-0.05, 0) is 19.8 Å². The molecular weight excluding hydrogens is 220 g/mol. The number of hydrogen-bond acceptors (Lipinski definition) is 4. The van der Waals surface area contributed by atoms with Crippen molar-refractivity contribution in [3.05, 3.63) is 0 Å². The van der Waals surface area contributed by atoms with Gasteiger partial charge in [-0.2, -0.15) is 0 Å². The number of amides is 1. The van der Waals surface area contributed by atoms with Gasteiger partial charge < -0.3 is 20.1 Å². The van der Waals surface area contributed by atoms with Crippen molar-refractivity contribution in [2.45, 2.75) is 50.9 Å². The maximum absolute atomic E-state index is 11.5. The first kappa shape index (κ1) is 12.6. The molecule has 98 valence electrons. The van der Waals surface area contributed by atoms with Crippen molar-refractivity contribution in [1.82, 2.24) is 10.6 Å². The van der Waals surface area contributed by atoms with Crippen LogP contribution in [0.4, 0.5) is 4.79 Å². The summed E-state index contributed by atoms with van der Waals surface area (Å²) in [5, 5.41) is 6.14. The fraction of sp³-hybridized carbons (Fsp3) is 0.917. The molecule has 2 aliphatic rings. The Morgan fingerprint density at radius 1 is 1.41 bits per heavy atom. The zero-order valence-corrected chi connectivity index (χ0v) is 10.4. The average Bonchev–Trinajstić information content (AvgIpc) is 2.79. The van der Waals surface area contributed by atoms with Crippen LogP contribution in [0.2, 0.25) is 0 Å². The average molecular weight is 242 g/mol. The molecule has 0 spiro atoms. The number of rotatable bonds is 3. The lowest BCUT2D eigenvalue weighted by Crippen LogP contribution is -2.46. The van der Waals surface area contributed by atoms with E-state index in [0.29, 0.717) is 12.6 Å². The molecule has 1 aliphatic heterocycles. The van der Waals surface area contributed by atoms with Gasteiger partial charge in [0.15, 0.2) is 0 Å². The van der Waals surface area contributed by atoms with Crippen LogP contribution in [0, 0.1) is 0 Å². The standard InChI is InChI=1S/C12H22N2O3/c1-9-6-13-7-11(17-9)8-16-12(15)14-10-4-2-3-5-10/h9-11,13H,2-8H2,1H3,(H,14,15). The number of alkyl carbamates (subject to hydrolysis) is 1. The lowest BCUT2D eigenvalue weighted by atomic mass is 10.2. The van der Waals surface area contributed by atoms with Crippen LogP contribution in [0.25, 0.3) is 0 Å². The van der Waals surface area contributed by atoms with E-state index in [9.17, 15) is 4.79 Å². The predicted octanol–water partition coefficient (Wildman–Crippen LogP) is 1.03. The zero-order valence-electron chi connectivity index (χ0n) is 10.4. The highest BCUT2D eigenvalue weighted by Crippen LogP contribution is 2.17. The molecule has 2 rings (SSSR count). The van der Waals surface area contributed by atoms with Gasteiger partial charge in [0.2, 0.25) is 0 Å². The van der Waals surface area contributed by atoms with Gasteiger partial charge in [-0.25, -0.2) is 4.79 Å². The van der Waals surface area contributed by atoms with E-state index in [2.05, 4.69) is 10.6 Å². The van der Waals surface area contributed by atoms with Gasteiger partial charge in [-0.1, -0.05) is 12.8 Å². The van der Waals surface area contributed by atoms with Crippen LogP contribution in [0.3, 0.4) is 0 Å². The second kappa shape index (κ2) is 6.21. The SMILES string of the molecule is CC1CNCC(COC(=O)NC2CCCC2)O1. The first-order chi connectivity index (χ1) is 8.24. The molecule has 5 heteroatoms. The van der Waals surface area contributed by atoms with E-state index in [4.69, 9.17) is 9.47 Å². The smallest absolute Gasteiger partial charge is 0.407 e. The van der Waals surface area contributed by atoms with E-state index in [1.54, 1.807) is 0 Å². The Hall–Kier alpha value is -0.810. The molecule has 2 fully saturated rings. The second-order valence-electron chi connectivity index (χ2n) is 4.95. The van der Waals surface area contributed by atoms with Crippen molar-refractivity contribution in [3.8, 4) is 0 Å². The van der Waals surface area contributed by atoms with Gasteiger partial charge in [0.1, 0.15) is 12.7 Å². The minimum absolute atomic E-state index is 0.0203. The van der Waals surface area contributed by atoms with E-state index >= 15 is 0 Å². The molecule has 1 saturated heterocycles. The van der Waals surface area contributed by atoms with Gasteiger partial charge >= 0.3 is 6.09 Å². The molecule has 1 heterocycles. The number of ether oxygens (including phenoxy) is 2. The maximum atomic E-state index is 11.5. The van der Waals surface area contributed by atoms with E-state index in [1.807, 2.05) is 6.92 Å². The lowest BCUT2D eigenvalue weighted by Gasteiger charge is -2.28. The summed E-state index contributed by atoms with van der Waals surface area (Å²) in [6.07, 6.45) is 4.43. The van der Waals surface area contributed by atoms with Crippen molar-refractivity contribution in [2.75, 3.05) is 19.7 Å². The van der Waals surface area contributed by atoms with Crippen LogP contribution in [0.1, 0.15) is 32.6 Å². The van der Waals surface area contributed by atoms with Crippen LogP contribution >= 0.6 is 0 Å². The van der Waals surface area contributed by atoms with Crippen molar-refractivity contribution >= 4 is 6.09 Å². The number of nitrogens with one attached hydrogen (secondary N) is 2. The summed E-state index contributed by atoms with van der Waals surface area (Å²) in [4.78, 5) is 11.5. The topological polar surface area (TPSA) is 59.6 Å². The molecule has 2 atom stereocenters. The first-order valence-electron chi connectivity index (χ1n) is 6.53. The Labute approximate surface area is 102 Å². The third-order valence-electron chi connectivity index (χ3n) is 3.31. The molecule has 0 aromatic heterocycles. The molecule has 1 amide bonds. The van der Waals surface area contributed by atoms with E-state index < -0.39 is 0 Å². The molecule has 2 unspecified atom stereocenters. The van der Waals surface area contributed by atoms with Crippen LogP contribution in [-0.4, -0.2) is 44.0 Å². The highest BCUT2D eigenvalue weighted by atomic mass is 16.6. The maximum Gasteiger partial charge on any atom is 0.407 e. The minimum Gasteiger partial charge on any atom is -0.447 e. The molecule has 1 saturated carbocycles. The third-order valence-corrected chi connectivity index (χ3v) is 3.31. The highest BCUT2D eigenvalue weighted by molar-refractivity contribution is 5.67. The van der Waals surface area contributed by atoms with Crippen LogP contribution < -0.4 is 10.6 Å². The van der Waals surface area contributed by atoms with Crippen molar-refractivity contribution in [1.29, 1.82) is 0 Å². The molecule has 0 aromatic carbocycles. The van der Waals surface area contributed by atoms with Gasteiger partial charge in [-0.15, -0.1) is 0 Å². The molecule has 0 bridgehead atoms. The summed E-state index contributed by atoms with van der Waals surface area (Å²) in [5.41, 5.74) is 0. The summed E-state index contributed by atoms with van der Waals surface area (Å²) in [5.74, 6) is 0. The lowest BCUT2D eigenvalue weighted by molar-refractivity contribution is -0.0548. The summed E-state index contributed by atoms with van der Waals surface area (Å²) < 4.78 is 10.8.